The number of alkyl halides is 1. The average molecular weight is 230 g/mol. The zero-order valence-corrected chi connectivity index (χ0v) is 9.03. The average Bonchev–Trinajstić information content (AvgIpc) is 2.66. The van der Waals surface area contributed by atoms with Crippen LogP contribution < -0.4 is 0 Å². The maximum absolute atomic E-state index is 5.72. The second-order valence-electron chi connectivity index (χ2n) is 2.78. The highest BCUT2D eigenvalue weighted by Gasteiger charge is 2.08. The molecule has 2 heterocycles. The van der Waals surface area contributed by atoms with Crippen molar-refractivity contribution < 1.29 is 0 Å². The van der Waals surface area contributed by atoms with Gasteiger partial charge < -0.3 is 0 Å². The summed E-state index contributed by atoms with van der Waals surface area (Å²) in [7, 11) is 0. The van der Waals surface area contributed by atoms with E-state index in [4.69, 9.17) is 11.6 Å². The summed E-state index contributed by atoms with van der Waals surface area (Å²) in [6.07, 6.45) is 3.35. The van der Waals surface area contributed by atoms with Crippen molar-refractivity contribution in [3.63, 3.8) is 0 Å². The van der Waals surface area contributed by atoms with Gasteiger partial charge in [-0.2, -0.15) is 4.52 Å². The third-order valence-corrected chi connectivity index (χ3v) is 3.35. The molecule has 0 aliphatic rings. The summed E-state index contributed by atoms with van der Waals surface area (Å²) in [6, 6.07) is 0. The van der Waals surface area contributed by atoms with Crippen molar-refractivity contribution in [3.05, 3.63) is 12.4 Å². The minimum Gasteiger partial charge on any atom is -0.258 e. The molecule has 0 N–H and O–H groups in total. The first-order valence-electron chi connectivity index (χ1n) is 4.06. The van der Waals surface area contributed by atoms with Crippen LogP contribution in [0.5, 0.6) is 0 Å². The first kappa shape index (κ1) is 9.67. The lowest BCUT2D eigenvalue weighted by molar-refractivity contribution is 0.764. The highest BCUT2D eigenvalue weighted by molar-refractivity contribution is 7.99. The van der Waals surface area contributed by atoms with Gasteiger partial charge in [-0.1, -0.05) is 6.92 Å². The van der Waals surface area contributed by atoms with Crippen molar-refractivity contribution in [3.8, 4) is 0 Å². The van der Waals surface area contributed by atoms with Crippen molar-refractivity contribution in [2.45, 2.75) is 17.2 Å². The van der Waals surface area contributed by atoms with Crippen LogP contribution in [0, 0.1) is 0 Å². The van der Waals surface area contributed by atoms with Gasteiger partial charge in [0, 0.05) is 11.1 Å². The summed E-state index contributed by atoms with van der Waals surface area (Å²) in [6.45, 7) is 2.04. The molecular weight excluding hydrogens is 222 g/mol. The Kier molecular flexibility index (Phi) is 2.83. The van der Waals surface area contributed by atoms with E-state index in [1.54, 1.807) is 28.7 Å². The summed E-state index contributed by atoms with van der Waals surface area (Å²) in [5.41, 5.74) is 0.650. The van der Waals surface area contributed by atoms with E-state index in [0.717, 1.165) is 5.03 Å². The Labute approximate surface area is 89.9 Å². The first-order valence-corrected chi connectivity index (χ1v) is 5.47. The minimum atomic E-state index is 0.313. The molecule has 0 aliphatic carbocycles. The number of hydrogen-bond donors (Lipinski definition) is 0. The second kappa shape index (κ2) is 4.10. The lowest BCUT2D eigenvalue weighted by Gasteiger charge is -2.06. The summed E-state index contributed by atoms with van der Waals surface area (Å²) >= 11 is 7.33. The van der Waals surface area contributed by atoms with Gasteiger partial charge in [0.25, 0.3) is 0 Å². The molecule has 7 heteroatoms. The zero-order valence-electron chi connectivity index (χ0n) is 7.46. The van der Waals surface area contributed by atoms with Crippen molar-refractivity contribution in [2.75, 3.05) is 5.88 Å². The molecule has 0 aromatic carbocycles. The van der Waals surface area contributed by atoms with Crippen molar-refractivity contribution in [2.24, 2.45) is 0 Å². The van der Waals surface area contributed by atoms with Crippen LogP contribution in [0.2, 0.25) is 0 Å². The molecule has 0 saturated carbocycles. The van der Waals surface area contributed by atoms with Gasteiger partial charge >= 0.3 is 0 Å². The Bertz CT molecular complexity index is 431. The number of halogens is 1. The Hall–Kier alpha value is -0.880. The quantitative estimate of drug-likeness (QED) is 0.586. The van der Waals surface area contributed by atoms with E-state index < -0.39 is 0 Å². The third kappa shape index (κ3) is 1.80. The Balaban J connectivity index is 2.36. The highest BCUT2D eigenvalue weighted by Crippen LogP contribution is 2.22. The van der Waals surface area contributed by atoms with Crippen LogP contribution in [0.4, 0.5) is 0 Å². The van der Waals surface area contributed by atoms with Crippen LogP contribution in [-0.2, 0) is 0 Å². The molecule has 0 radical (unpaired) electrons. The maximum Gasteiger partial charge on any atom is 0.198 e. The molecule has 0 bridgehead atoms. The fourth-order valence-electron chi connectivity index (χ4n) is 0.972. The predicted molar refractivity (Wildman–Crippen MR) is 54.6 cm³/mol. The minimum absolute atomic E-state index is 0.313. The number of hydrogen-bond acceptors (Lipinski definition) is 5. The summed E-state index contributed by atoms with van der Waals surface area (Å²) < 4.78 is 1.65. The molecule has 2 rings (SSSR count). The molecular formula is C7H8ClN5S. The van der Waals surface area contributed by atoms with Crippen LogP contribution in [0.25, 0.3) is 5.65 Å². The number of thioether (sulfide) groups is 1. The van der Waals surface area contributed by atoms with E-state index in [1.807, 2.05) is 6.92 Å². The first-order chi connectivity index (χ1) is 6.81. The fraction of sp³-hybridized carbons (Fsp3) is 0.429. The Morgan fingerprint density at radius 1 is 1.57 bits per heavy atom. The normalized spacial score (nSPS) is 13.3. The molecule has 14 heavy (non-hydrogen) atoms. The Morgan fingerprint density at radius 3 is 3.21 bits per heavy atom. The van der Waals surface area contributed by atoms with Crippen molar-refractivity contribution >= 4 is 29.0 Å². The van der Waals surface area contributed by atoms with Gasteiger partial charge in [-0.3, -0.25) is 4.98 Å². The highest BCUT2D eigenvalue weighted by atomic mass is 35.5. The molecule has 1 atom stereocenters. The van der Waals surface area contributed by atoms with Crippen LogP contribution >= 0.6 is 23.4 Å². The van der Waals surface area contributed by atoms with E-state index in [2.05, 4.69) is 20.5 Å². The molecule has 0 amide bonds. The van der Waals surface area contributed by atoms with Gasteiger partial charge in [0.05, 0.1) is 12.4 Å². The maximum atomic E-state index is 5.72. The molecule has 2 aromatic rings. The van der Waals surface area contributed by atoms with Crippen molar-refractivity contribution in [1.29, 1.82) is 0 Å². The molecule has 0 saturated heterocycles. The Morgan fingerprint density at radius 2 is 2.43 bits per heavy atom. The predicted octanol–water partition coefficient (Wildman–Crippen LogP) is 1.24. The monoisotopic (exact) mass is 229 g/mol. The summed E-state index contributed by atoms with van der Waals surface area (Å²) in [5.74, 6) is 0.586. The molecule has 2 aromatic heterocycles. The number of tetrazole rings is 1. The van der Waals surface area contributed by atoms with E-state index in [0.29, 0.717) is 16.8 Å². The van der Waals surface area contributed by atoms with E-state index in [1.165, 1.54) is 0 Å². The van der Waals surface area contributed by atoms with Crippen LogP contribution in [-0.4, -0.2) is 36.2 Å². The summed E-state index contributed by atoms with van der Waals surface area (Å²) in [5, 5.41) is 12.5. The lowest BCUT2D eigenvalue weighted by atomic mass is 10.6. The van der Waals surface area contributed by atoms with E-state index in [9.17, 15) is 0 Å². The van der Waals surface area contributed by atoms with Crippen LogP contribution in [0.3, 0.4) is 0 Å². The van der Waals surface area contributed by atoms with E-state index in [-0.39, 0.29) is 0 Å². The second-order valence-corrected chi connectivity index (χ2v) is 4.54. The summed E-state index contributed by atoms with van der Waals surface area (Å²) in [4.78, 5) is 4.05. The number of fused-ring (bicyclic) bond motifs is 1. The van der Waals surface area contributed by atoms with Crippen LogP contribution in [0.1, 0.15) is 6.92 Å². The topological polar surface area (TPSA) is 56.0 Å². The standard InChI is InChI=1S/C7H8ClN5S/c1-5(2-8)14-7-4-9-3-6-10-11-12-13(6)7/h3-5H,2H2,1H3. The molecule has 1 unspecified atom stereocenters. The molecule has 5 nitrogen and oxygen atoms in total. The van der Waals surface area contributed by atoms with Gasteiger partial charge in [-0.15, -0.1) is 28.5 Å². The van der Waals surface area contributed by atoms with E-state index >= 15 is 0 Å². The number of aromatic nitrogens is 5. The van der Waals surface area contributed by atoms with Gasteiger partial charge in [-0.25, -0.2) is 0 Å². The smallest absolute Gasteiger partial charge is 0.198 e. The largest absolute Gasteiger partial charge is 0.258 e. The fourth-order valence-corrected chi connectivity index (χ4v) is 1.99. The molecule has 0 spiro atoms. The lowest BCUT2D eigenvalue weighted by Crippen LogP contribution is -2.01. The number of nitrogens with zero attached hydrogens (tertiary/aromatic N) is 5. The van der Waals surface area contributed by atoms with Gasteiger partial charge in [0.15, 0.2) is 5.65 Å². The number of rotatable bonds is 3. The molecule has 0 fully saturated rings. The zero-order chi connectivity index (χ0) is 9.97. The van der Waals surface area contributed by atoms with Gasteiger partial charge in [0.1, 0.15) is 5.03 Å². The SMILES string of the molecule is CC(CCl)Sc1cncc2nnnn12. The van der Waals surface area contributed by atoms with Crippen molar-refractivity contribution in [1.82, 2.24) is 25.0 Å². The molecule has 0 aliphatic heterocycles. The molecule has 74 valence electrons. The van der Waals surface area contributed by atoms with Crippen LogP contribution in [0.15, 0.2) is 17.4 Å². The third-order valence-electron chi connectivity index (χ3n) is 1.62. The van der Waals surface area contributed by atoms with Gasteiger partial charge in [-0.05, 0) is 10.4 Å². The van der Waals surface area contributed by atoms with Gasteiger partial charge in [0.2, 0.25) is 0 Å².